The average molecular weight is 194 g/mol. The molecule has 0 saturated carbocycles. The van der Waals surface area contributed by atoms with Gasteiger partial charge >= 0.3 is 0 Å². The van der Waals surface area contributed by atoms with Crippen molar-refractivity contribution in [2.24, 2.45) is 5.29 Å². The molecule has 0 atom stereocenters. The fraction of sp³-hybridized carbons (Fsp3) is 0.400. The predicted octanol–water partition coefficient (Wildman–Crippen LogP) is 1.85. The van der Waals surface area contributed by atoms with E-state index < -0.39 is 0 Å². The highest BCUT2D eigenvalue weighted by Crippen LogP contribution is 2.17. The molecule has 76 valence electrons. The monoisotopic (exact) mass is 194 g/mol. The third-order valence-electron chi connectivity index (χ3n) is 2.04. The van der Waals surface area contributed by atoms with Crippen LogP contribution in [-0.4, -0.2) is 25.7 Å². The van der Waals surface area contributed by atoms with Gasteiger partial charge in [-0.25, -0.2) is 0 Å². The molecule has 0 aliphatic rings. The SMILES string of the molecule is COc1ccccc1CCN(C)N=O. The lowest BCUT2D eigenvalue weighted by Gasteiger charge is -2.10. The molecule has 0 radical (unpaired) electrons. The van der Waals surface area contributed by atoms with Gasteiger partial charge in [0, 0.05) is 13.6 Å². The molecular weight excluding hydrogens is 180 g/mol. The number of methoxy groups -OCH3 is 1. The van der Waals surface area contributed by atoms with Crippen LogP contribution in [0.5, 0.6) is 5.75 Å². The summed E-state index contributed by atoms with van der Waals surface area (Å²) < 4.78 is 5.18. The molecule has 1 rings (SSSR count). The Bertz CT molecular complexity index is 302. The second-order valence-electron chi connectivity index (χ2n) is 3.02. The molecule has 0 N–H and O–H groups in total. The zero-order chi connectivity index (χ0) is 10.4. The highest BCUT2D eigenvalue weighted by Gasteiger charge is 2.02. The molecule has 0 amide bonds. The van der Waals surface area contributed by atoms with Gasteiger partial charge in [-0.1, -0.05) is 18.2 Å². The molecule has 0 aromatic heterocycles. The minimum absolute atomic E-state index is 0.601. The Kier molecular flexibility index (Phi) is 3.91. The highest BCUT2D eigenvalue weighted by atomic mass is 16.5. The van der Waals surface area contributed by atoms with E-state index in [1.54, 1.807) is 14.2 Å². The molecule has 0 spiro atoms. The Morgan fingerprint density at radius 2 is 2.14 bits per heavy atom. The second-order valence-corrected chi connectivity index (χ2v) is 3.02. The summed E-state index contributed by atoms with van der Waals surface area (Å²) in [6.07, 6.45) is 0.756. The molecule has 0 saturated heterocycles. The van der Waals surface area contributed by atoms with E-state index in [2.05, 4.69) is 5.29 Å². The van der Waals surface area contributed by atoms with Crippen LogP contribution in [0.25, 0.3) is 0 Å². The first-order valence-electron chi connectivity index (χ1n) is 4.44. The van der Waals surface area contributed by atoms with E-state index in [9.17, 15) is 4.91 Å². The van der Waals surface area contributed by atoms with Crippen molar-refractivity contribution in [1.82, 2.24) is 5.01 Å². The van der Waals surface area contributed by atoms with E-state index >= 15 is 0 Å². The zero-order valence-corrected chi connectivity index (χ0v) is 8.43. The van der Waals surface area contributed by atoms with Crippen molar-refractivity contribution in [1.29, 1.82) is 0 Å². The van der Waals surface area contributed by atoms with Gasteiger partial charge in [-0.15, -0.1) is 4.91 Å². The molecule has 0 bridgehead atoms. The Hall–Kier alpha value is -1.58. The zero-order valence-electron chi connectivity index (χ0n) is 8.43. The van der Waals surface area contributed by atoms with Gasteiger partial charge in [-0.3, -0.25) is 5.01 Å². The van der Waals surface area contributed by atoms with Crippen molar-refractivity contribution >= 4 is 0 Å². The summed E-state index contributed by atoms with van der Waals surface area (Å²) in [5.41, 5.74) is 1.09. The number of likely N-dealkylation sites (N-methyl/N-ethyl adjacent to an activating group) is 1. The molecule has 4 heteroatoms. The summed E-state index contributed by atoms with van der Waals surface area (Å²) in [5.74, 6) is 0.854. The number of benzene rings is 1. The maximum Gasteiger partial charge on any atom is 0.122 e. The third kappa shape index (κ3) is 2.73. The number of para-hydroxylation sites is 1. The summed E-state index contributed by atoms with van der Waals surface area (Å²) in [7, 11) is 3.29. The van der Waals surface area contributed by atoms with E-state index in [-0.39, 0.29) is 0 Å². The van der Waals surface area contributed by atoms with Crippen LogP contribution in [0.1, 0.15) is 5.56 Å². The highest BCUT2D eigenvalue weighted by molar-refractivity contribution is 5.33. The smallest absolute Gasteiger partial charge is 0.122 e. The van der Waals surface area contributed by atoms with Crippen LogP contribution in [0, 0.1) is 4.91 Å². The van der Waals surface area contributed by atoms with E-state index in [4.69, 9.17) is 4.74 Å². The number of ether oxygens (including phenoxy) is 1. The molecule has 1 aromatic carbocycles. The van der Waals surface area contributed by atoms with Gasteiger partial charge in [0.2, 0.25) is 0 Å². The lowest BCUT2D eigenvalue weighted by molar-refractivity contribution is 0.349. The average Bonchev–Trinajstić information content (AvgIpc) is 2.26. The van der Waals surface area contributed by atoms with Gasteiger partial charge < -0.3 is 4.74 Å². The number of nitrogens with zero attached hydrogens (tertiary/aromatic N) is 2. The van der Waals surface area contributed by atoms with Gasteiger partial charge in [0.15, 0.2) is 0 Å². The maximum atomic E-state index is 10.1. The van der Waals surface area contributed by atoms with E-state index in [0.717, 1.165) is 17.7 Å². The van der Waals surface area contributed by atoms with Crippen LogP contribution in [-0.2, 0) is 6.42 Å². The minimum Gasteiger partial charge on any atom is -0.496 e. The minimum atomic E-state index is 0.601. The topological polar surface area (TPSA) is 41.9 Å². The molecular formula is C10H14N2O2. The fourth-order valence-electron chi connectivity index (χ4n) is 1.23. The molecule has 0 heterocycles. The number of hydrogen-bond donors (Lipinski definition) is 0. The summed E-state index contributed by atoms with van der Waals surface area (Å²) in [6.45, 7) is 0.601. The Labute approximate surface area is 83.4 Å². The normalized spacial score (nSPS) is 9.57. The van der Waals surface area contributed by atoms with Gasteiger partial charge in [0.1, 0.15) is 5.75 Å². The third-order valence-corrected chi connectivity index (χ3v) is 2.04. The van der Waals surface area contributed by atoms with Gasteiger partial charge in [-0.05, 0) is 18.1 Å². The quantitative estimate of drug-likeness (QED) is 0.530. The molecule has 0 unspecified atom stereocenters. The van der Waals surface area contributed by atoms with Crippen molar-refractivity contribution in [3.8, 4) is 5.75 Å². The van der Waals surface area contributed by atoms with Crippen molar-refractivity contribution in [2.45, 2.75) is 6.42 Å². The Morgan fingerprint density at radius 1 is 1.43 bits per heavy atom. The van der Waals surface area contributed by atoms with Gasteiger partial charge in [0.25, 0.3) is 0 Å². The first-order chi connectivity index (χ1) is 6.77. The van der Waals surface area contributed by atoms with Crippen molar-refractivity contribution in [3.63, 3.8) is 0 Å². The van der Waals surface area contributed by atoms with E-state index in [0.29, 0.717) is 6.54 Å². The van der Waals surface area contributed by atoms with Crippen LogP contribution in [0.2, 0.25) is 0 Å². The van der Waals surface area contributed by atoms with Crippen LogP contribution in [0.4, 0.5) is 0 Å². The lowest BCUT2D eigenvalue weighted by atomic mass is 10.1. The molecule has 0 aliphatic carbocycles. The van der Waals surface area contributed by atoms with Crippen molar-refractivity contribution in [3.05, 3.63) is 34.7 Å². The molecule has 0 fully saturated rings. The Balaban J connectivity index is 2.61. The second kappa shape index (κ2) is 5.21. The van der Waals surface area contributed by atoms with Gasteiger partial charge in [0.05, 0.1) is 12.4 Å². The molecule has 4 nitrogen and oxygen atoms in total. The lowest BCUT2D eigenvalue weighted by Crippen LogP contribution is -2.13. The van der Waals surface area contributed by atoms with Crippen LogP contribution >= 0.6 is 0 Å². The molecule has 0 aliphatic heterocycles. The first kappa shape index (κ1) is 10.5. The number of hydrogen-bond acceptors (Lipinski definition) is 3. The largest absolute Gasteiger partial charge is 0.496 e. The predicted molar refractivity (Wildman–Crippen MR) is 55.1 cm³/mol. The maximum absolute atomic E-state index is 10.1. The van der Waals surface area contributed by atoms with Crippen LogP contribution in [0.3, 0.4) is 0 Å². The van der Waals surface area contributed by atoms with Crippen molar-refractivity contribution in [2.75, 3.05) is 20.7 Å². The van der Waals surface area contributed by atoms with E-state index in [1.807, 2.05) is 24.3 Å². The van der Waals surface area contributed by atoms with Crippen molar-refractivity contribution < 1.29 is 4.74 Å². The summed E-state index contributed by atoms with van der Waals surface area (Å²) >= 11 is 0. The van der Waals surface area contributed by atoms with E-state index in [1.165, 1.54) is 5.01 Å². The fourth-order valence-corrected chi connectivity index (χ4v) is 1.23. The molecule has 14 heavy (non-hydrogen) atoms. The van der Waals surface area contributed by atoms with Crippen LogP contribution in [0.15, 0.2) is 29.6 Å². The molecule has 1 aromatic rings. The number of nitroso groups, excluding NO2 is 1. The number of rotatable bonds is 5. The standard InChI is InChI=1S/C10H14N2O2/c1-12(11-13)8-7-9-5-3-4-6-10(9)14-2/h3-6H,7-8H2,1-2H3. The van der Waals surface area contributed by atoms with Crippen LogP contribution < -0.4 is 4.74 Å². The summed E-state index contributed by atoms with van der Waals surface area (Å²) in [6, 6.07) is 7.76. The first-order valence-corrected chi connectivity index (χ1v) is 4.44. The van der Waals surface area contributed by atoms with Gasteiger partial charge in [-0.2, -0.15) is 0 Å². The summed E-state index contributed by atoms with van der Waals surface area (Å²) in [5, 5.41) is 4.17. The summed E-state index contributed by atoms with van der Waals surface area (Å²) in [4.78, 5) is 10.1. The Morgan fingerprint density at radius 3 is 2.79 bits per heavy atom.